The normalized spacial score (nSPS) is 22.5. The second kappa shape index (κ2) is 8.58. The molecule has 1 unspecified atom stereocenters. The first kappa shape index (κ1) is 20.6. The van der Waals surface area contributed by atoms with Crippen molar-refractivity contribution in [1.29, 1.82) is 0 Å². The lowest BCUT2D eigenvalue weighted by Gasteiger charge is -2.38. The van der Waals surface area contributed by atoms with Gasteiger partial charge < -0.3 is 20.1 Å². The largest absolute Gasteiger partial charge is 0.376 e. The van der Waals surface area contributed by atoms with E-state index in [0.29, 0.717) is 12.4 Å². The van der Waals surface area contributed by atoms with E-state index < -0.39 is 6.23 Å². The number of ether oxygens (including phenoxy) is 1. The summed E-state index contributed by atoms with van der Waals surface area (Å²) in [5, 5.41) is 14.7. The first-order valence-electron chi connectivity index (χ1n) is 10.2. The number of hydrogen-bond donors (Lipinski definition) is 2. The Morgan fingerprint density at radius 2 is 2.00 bits per heavy atom. The van der Waals surface area contributed by atoms with Gasteiger partial charge in [-0.2, -0.15) is 0 Å². The third-order valence-electron chi connectivity index (χ3n) is 5.72. The highest BCUT2D eigenvalue weighted by Gasteiger charge is 2.33. The highest BCUT2D eigenvalue weighted by atomic mass is 79.9. The third kappa shape index (κ3) is 4.57. The van der Waals surface area contributed by atoms with Crippen molar-refractivity contribution in [1.82, 2.24) is 4.98 Å². The van der Waals surface area contributed by atoms with E-state index in [4.69, 9.17) is 4.74 Å². The number of pyridine rings is 1. The summed E-state index contributed by atoms with van der Waals surface area (Å²) < 4.78 is 20.7. The molecule has 1 atom stereocenters. The standard InChI is InChI=1S/C22H27BrFN3O2/c1-13(2)29-18-6-3-14(4-7-18)22(28)27-12-15-9-17(24)11-25-21(15)26-19-8-5-16(23)10-20(19)27/h5,8-11,13-14,18,22,28H,3-4,6-7,12H2,1-2H3,(H,25,26). The fourth-order valence-corrected chi connectivity index (χ4v) is 4.71. The molecule has 2 heterocycles. The highest BCUT2D eigenvalue weighted by molar-refractivity contribution is 9.10. The number of aromatic nitrogens is 1. The van der Waals surface area contributed by atoms with Crippen LogP contribution in [0.15, 0.2) is 34.9 Å². The van der Waals surface area contributed by atoms with Gasteiger partial charge in [0.2, 0.25) is 0 Å². The summed E-state index contributed by atoms with van der Waals surface area (Å²) in [6, 6.07) is 7.37. The Hall–Kier alpha value is -1.70. The average Bonchev–Trinajstić information content (AvgIpc) is 2.84. The number of hydrogen-bond acceptors (Lipinski definition) is 5. The maximum atomic E-state index is 13.9. The first-order chi connectivity index (χ1) is 13.9. The van der Waals surface area contributed by atoms with Crippen LogP contribution in [0.25, 0.3) is 0 Å². The molecule has 1 aliphatic carbocycles. The summed E-state index contributed by atoms with van der Waals surface area (Å²) in [4.78, 5) is 6.19. The fraction of sp³-hybridized carbons (Fsp3) is 0.500. The van der Waals surface area contributed by atoms with Crippen molar-refractivity contribution in [2.24, 2.45) is 5.92 Å². The number of aliphatic hydroxyl groups is 1. The zero-order valence-corrected chi connectivity index (χ0v) is 18.3. The van der Waals surface area contributed by atoms with Crippen molar-refractivity contribution in [3.63, 3.8) is 0 Å². The van der Waals surface area contributed by atoms with E-state index in [2.05, 4.69) is 40.1 Å². The molecule has 1 saturated carbocycles. The quantitative estimate of drug-likeness (QED) is 0.639. The fourth-order valence-electron chi connectivity index (χ4n) is 4.36. The molecule has 0 spiro atoms. The Bertz CT molecular complexity index is 871. The molecule has 1 aliphatic heterocycles. The summed E-state index contributed by atoms with van der Waals surface area (Å²) in [6.45, 7) is 4.51. The van der Waals surface area contributed by atoms with Crippen LogP contribution in [0.5, 0.6) is 0 Å². The van der Waals surface area contributed by atoms with Gasteiger partial charge in [0.25, 0.3) is 0 Å². The molecule has 0 bridgehead atoms. The molecular weight excluding hydrogens is 437 g/mol. The lowest BCUT2D eigenvalue weighted by Crippen LogP contribution is -2.42. The number of nitrogens with zero attached hydrogens (tertiary/aromatic N) is 2. The van der Waals surface area contributed by atoms with E-state index in [1.165, 1.54) is 12.3 Å². The van der Waals surface area contributed by atoms with Gasteiger partial charge in [0.1, 0.15) is 17.9 Å². The van der Waals surface area contributed by atoms with Crippen molar-refractivity contribution in [2.75, 3.05) is 10.2 Å². The summed E-state index contributed by atoms with van der Waals surface area (Å²) in [6.07, 6.45) is 4.74. The molecule has 7 heteroatoms. The molecule has 2 aliphatic rings. The van der Waals surface area contributed by atoms with E-state index in [1.807, 2.05) is 23.1 Å². The highest BCUT2D eigenvalue weighted by Crippen LogP contribution is 2.40. The topological polar surface area (TPSA) is 57.6 Å². The van der Waals surface area contributed by atoms with Gasteiger partial charge in [-0.1, -0.05) is 15.9 Å². The minimum Gasteiger partial charge on any atom is -0.376 e. The van der Waals surface area contributed by atoms with E-state index in [1.54, 1.807) is 0 Å². The Morgan fingerprint density at radius 1 is 1.24 bits per heavy atom. The van der Waals surface area contributed by atoms with Gasteiger partial charge in [-0.15, -0.1) is 0 Å². The van der Waals surface area contributed by atoms with Gasteiger partial charge in [0, 0.05) is 22.5 Å². The van der Waals surface area contributed by atoms with Crippen LogP contribution in [-0.2, 0) is 11.3 Å². The Balaban J connectivity index is 1.60. The number of fused-ring (bicyclic) bond motifs is 2. The minimum absolute atomic E-state index is 0.136. The Morgan fingerprint density at radius 3 is 2.72 bits per heavy atom. The monoisotopic (exact) mass is 463 g/mol. The van der Waals surface area contributed by atoms with Crippen molar-refractivity contribution >= 4 is 33.1 Å². The second-order valence-electron chi connectivity index (χ2n) is 8.21. The molecule has 1 fully saturated rings. The smallest absolute Gasteiger partial charge is 0.141 e. The summed E-state index contributed by atoms with van der Waals surface area (Å²) >= 11 is 3.54. The van der Waals surface area contributed by atoms with Crippen molar-refractivity contribution < 1.29 is 14.2 Å². The van der Waals surface area contributed by atoms with E-state index in [-0.39, 0.29) is 23.9 Å². The molecule has 156 valence electrons. The minimum atomic E-state index is -0.668. The van der Waals surface area contributed by atoms with Gasteiger partial charge in [-0.25, -0.2) is 9.37 Å². The SMILES string of the molecule is CC(C)OC1CCC(C(O)N2Cc3cc(F)cnc3Nc3ccc(Br)cc32)CC1. The van der Waals surface area contributed by atoms with E-state index in [0.717, 1.165) is 47.1 Å². The molecule has 4 rings (SSSR count). The Kier molecular flexibility index (Phi) is 6.08. The molecular formula is C22H27BrFN3O2. The number of aliphatic hydroxyl groups excluding tert-OH is 1. The number of benzene rings is 1. The second-order valence-corrected chi connectivity index (χ2v) is 9.13. The summed E-state index contributed by atoms with van der Waals surface area (Å²) in [7, 11) is 0. The zero-order valence-electron chi connectivity index (χ0n) is 16.7. The molecule has 0 amide bonds. The van der Waals surface area contributed by atoms with Crippen LogP contribution in [0.1, 0.15) is 45.1 Å². The van der Waals surface area contributed by atoms with Crippen LogP contribution in [-0.4, -0.2) is 28.5 Å². The van der Waals surface area contributed by atoms with Crippen molar-refractivity contribution in [3.8, 4) is 0 Å². The van der Waals surface area contributed by atoms with Crippen molar-refractivity contribution in [3.05, 3.63) is 46.3 Å². The molecule has 5 nitrogen and oxygen atoms in total. The number of anilines is 3. The molecule has 1 aromatic heterocycles. The molecule has 1 aromatic carbocycles. The zero-order chi connectivity index (χ0) is 20.5. The summed E-state index contributed by atoms with van der Waals surface area (Å²) in [5.74, 6) is 0.383. The van der Waals surface area contributed by atoms with Gasteiger partial charge >= 0.3 is 0 Å². The van der Waals surface area contributed by atoms with Crippen LogP contribution >= 0.6 is 15.9 Å². The van der Waals surface area contributed by atoms with Crippen LogP contribution < -0.4 is 10.2 Å². The van der Waals surface area contributed by atoms with Crippen LogP contribution in [0.2, 0.25) is 0 Å². The van der Waals surface area contributed by atoms with Gasteiger partial charge in [0.05, 0.1) is 29.8 Å². The maximum Gasteiger partial charge on any atom is 0.141 e. The third-order valence-corrected chi connectivity index (χ3v) is 6.21. The predicted molar refractivity (Wildman–Crippen MR) is 116 cm³/mol. The lowest BCUT2D eigenvalue weighted by molar-refractivity contribution is -0.0340. The molecule has 0 saturated heterocycles. The number of rotatable bonds is 4. The number of halogens is 2. The maximum absolute atomic E-state index is 13.9. The molecule has 2 N–H and O–H groups in total. The predicted octanol–water partition coefficient (Wildman–Crippen LogP) is 5.35. The molecule has 29 heavy (non-hydrogen) atoms. The summed E-state index contributed by atoms with van der Waals surface area (Å²) in [5.41, 5.74) is 2.46. The van der Waals surface area contributed by atoms with E-state index in [9.17, 15) is 9.50 Å². The molecule has 2 aromatic rings. The van der Waals surface area contributed by atoms with Gasteiger partial charge in [-0.3, -0.25) is 0 Å². The van der Waals surface area contributed by atoms with Crippen LogP contribution in [0.4, 0.5) is 21.6 Å². The van der Waals surface area contributed by atoms with Crippen molar-refractivity contribution in [2.45, 2.75) is 64.5 Å². The van der Waals surface area contributed by atoms with Gasteiger partial charge in [-0.05, 0) is 63.8 Å². The average molecular weight is 464 g/mol. The van der Waals surface area contributed by atoms with Gasteiger partial charge in [0.15, 0.2) is 0 Å². The van der Waals surface area contributed by atoms with Crippen LogP contribution in [0, 0.1) is 11.7 Å². The lowest BCUT2D eigenvalue weighted by atomic mass is 9.85. The number of nitrogens with one attached hydrogen (secondary N) is 1. The van der Waals surface area contributed by atoms with E-state index >= 15 is 0 Å². The first-order valence-corrected chi connectivity index (χ1v) is 11.0. The molecule has 0 radical (unpaired) electrons. The van der Waals surface area contributed by atoms with Crippen LogP contribution in [0.3, 0.4) is 0 Å². The Labute approximate surface area is 179 Å².